The molecular formula is C23H25N3O6. The number of ether oxygens (including phenoxy) is 2. The average Bonchev–Trinajstić information content (AvgIpc) is 2.80. The lowest BCUT2D eigenvalue weighted by Crippen LogP contribution is -2.69. The van der Waals surface area contributed by atoms with Crippen LogP contribution >= 0.6 is 0 Å². The summed E-state index contributed by atoms with van der Waals surface area (Å²) in [6.45, 7) is 1.19. The number of ketones is 1. The smallest absolute Gasteiger partial charge is 0.408 e. The SMILES string of the molecule is CC(=O)O[C@H]1[C@@H](C(=O)[C@H](CCc2ccccc2)NC(=O)OCc2ccccc2)C(=O)N1N. The van der Waals surface area contributed by atoms with Crippen molar-refractivity contribution in [2.45, 2.75) is 38.6 Å². The van der Waals surface area contributed by atoms with Crippen LogP contribution in [0.15, 0.2) is 60.7 Å². The van der Waals surface area contributed by atoms with Crippen molar-refractivity contribution in [1.82, 2.24) is 10.3 Å². The minimum atomic E-state index is -1.28. The summed E-state index contributed by atoms with van der Waals surface area (Å²) in [5, 5.41) is 3.25. The normalized spacial score (nSPS) is 18.3. The number of Topliss-reactive ketones (excluding diaryl/α,β-unsaturated/α-hetero) is 1. The maximum atomic E-state index is 13.1. The van der Waals surface area contributed by atoms with Crippen molar-refractivity contribution >= 4 is 23.8 Å². The second-order valence-corrected chi connectivity index (χ2v) is 7.41. The van der Waals surface area contributed by atoms with Crippen molar-refractivity contribution in [2.24, 2.45) is 11.8 Å². The maximum absolute atomic E-state index is 13.1. The van der Waals surface area contributed by atoms with Crippen molar-refractivity contribution in [3.63, 3.8) is 0 Å². The summed E-state index contributed by atoms with van der Waals surface area (Å²) >= 11 is 0. The molecule has 0 aromatic heterocycles. The van der Waals surface area contributed by atoms with Crippen LogP contribution in [-0.2, 0) is 36.9 Å². The Hall–Kier alpha value is -3.72. The second-order valence-electron chi connectivity index (χ2n) is 7.41. The van der Waals surface area contributed by atoms with Gasteiger partial charge in [-0.3, -0.25) is 14.4 Å². The van der Waals surface area contributed by atoms with Crippen molar-refractivity contribution < 1.29 is 28.7 Å². The van der Waals surface area contributed by atoms with Crippen LogP contribution in [0.5, 0.6) is 0 Å². The van der Waals surface area contributed by atoms with Gasteiger partial charge in [-0.25, -0.2) is 15.6 Å². The largest absolute Gasteiger partial charge is 0.445 e. The molecule has 0 bridgehead atoms. The maximum Gasteiger partial charge on any atom is 0.408 e. The number of nitrogens with two attached hydrogens (primary N) is 1. The zero-order valence-electron chi connectivity index (χ0n) is 17.6. The van der Waals surface area contributed by atoms with Gasteiger partial charge in [-0.1, -0.05) is 60.7 Å². The molecule has 168 valence electrons. The molecule has 0 aliphatic carbocycles. The quantitative estimate of drug-likeness (QED) is 0.200. The van der Waals surface area contributed by atoms with E-state index < -0.39 is 41.9 Å². The molecule has 1 saturated heterocycles. The highest BCUT2D eigenvalue weighted by Crippen LogP contribution is 2.27. The molecule has 1 aliphatic heterocycles. The van der Waals surface area contributed by atoms with Gasteiger partial charge in [0.05, 0.1) is 6.04 Å². The number of β-lactam (4-membered cyclic amide) rings is 1. The minimum Gasteiger partial charge on any atom is -0.445 e. The number of alkyl carbamates (subject to hydrolysis) is 1. The van der Waals surface area contributed by atoms with Crippen LogP contribution in [0.3, 0.4) is 0 Å². The Morgan fingerprint density at radius 3 is 2.22 bits per heavy atom. The first-order chi connectivity index (χ1) is 15.4. The molecule has 32 heavy (non-hydrogen) atoms. The zero-order chi connectivity index (χ0) is 23.1. The summed E-state index contributed by atoms with van der Waals surface area (Å²) in [5.41, 5.74) is 1.75. The highest BCUT2D eigenvalue weighted by Gasteiger charge is 2.54. The van der Waals surface area contributed by atoms with E-state index in [-0.39, 0.29) is 13.0 Å². The molecule has 2 aromatic carbocycles. The van der Waals surface area contributed by atoms with Gasteiger partial charge in [-0.05, 0) is 24.0 Å². The van der Waals surface area contributed by atoms with Crippen LogP contribution in [0.4, 0.5) is 4.79 Å². The van der Waals surface area contributed by atoms with Gasteiger partial charge in [0.2, 0.25) is 6.23 Å². The Labute approximate surface area is 185 Å². The Bertz CT molecular complexity index is 966. The number of nitrogens with one attached hydrogen (secondary N) is 1. The van der Waals surface area contributed by atoms with Crippen LogP contribution in [-0.4, -0.2) is 41.0 Å². The highest BCUT2D eigenvalue weighted by atomic mass is 16.6. The van der Waals surface area contributed by atoms with Gasteiger partial charge < -0.3 is 14.8 Å². The van der Waals surface area contributed by atoms with Crippen LogP contribution in [0.1, 0.15) is 24.5 Å². The molecule has 1 aliphatic rings. The first-order valence-electron chi connectivity index (χ1n) is 10.2. The Morgan fingerprint density at radius 1 is 1.03 bits per heavy atom. The van der Waals surface area contributed by atoms with E-state index in [0.717, 1.165) is 18.1 Å². The van der Waals surface area contributed by atoms with E-state index in [2.05, 4.69) is 5.32 Å². The summed E-state index contributed by atoms with van der Waals surface area (Å²) in [6, 6.07) is 17.5. The van der Waals surface area contributed by atoms with Crippen LogP contribution in [0.2, 0.25) is 0 Å². The predicted molar refractivity (Wildman–Crippen MR) is 113 cm³/mol. The molecule has 0 spiro atoms. The summed E-state index contributed by atoms with van der Waals surface area (Å²) in [7, 11) is 0. The highest BCUT2D eigenvalue weighted by molar-refractivity contribution is 6.08. The molecule has 0 saturated carbocycles. The molecule has 3 atom stereocenters. The predicted octanol–water partition coefficient (Wildman–Crippen LogP) is 1.70. The standard InChI is InChI=1S/C23H25N3O6/c1-15(27)32-22-19(21(29)26(22)24)20(28)18(13-12-16-8-4-2-5-9-16)25-23(30)31-14-17-10-6-3-7-11-17/h2-11,18-19,22H,12-14,24H2,1H3,(H,25,30)/t18-,19-,22-/m0/s1. The lowest BCUT2D eigenvalue weighted by Gasteiger charge is -2.42. The average molecular weight is 439 g/mol. The molecule has 0 unspecified atom stereocenters. The fraction of sp³-hybridized carbons (Fsp3) is 0.304. The third-order valence-corrected chi connectivity index (χ3v) is 5.09. The fourth-order valence-electron chi connectivity index (χ4n) is 3.41. The number of aryl methyl sites for hydroxylation is 1. The van der Waals surface area contributed by atoms with Gasteiger partial charge in [-0.2, -0.15) is 0 Å². The number of carbonyl (C=O) groups excluding carboxylic acids is 4. The number of esters is 1. The van der Waals surface area contributed by atoms with E-state index in [1.807, 2.05) is 48.5 Å². The van der Waals surface area contributed by atoms with Crippen LogP contribution in [0, 0.1) is 5.92 Å². The summed E-state index contributed by atoms with van der Waals surface area (Å²) in [5.74, 6) is 2.35. The molecule has 2 aromatic rings. The molecule has 0 radical (unpaired) electrons. The zero-order valence-corrected chi connectivity index (χ0v) is 17.6. The van der Waals surface area contributed by atoms with E-state index in [0.29, 0.717) is 11.4 Å². The number of hydrazine groups is 1. The third kappa shape index (κ3) is 5.70. The van der Waals surface area contributed by atoms with Gasteiger partial charge in [0.1, 0.15) is 6.61 Å². The lowest BCUT2D eigenvalue weighted by molar-refractivity contribution is -0.198. The first kappa shape index (κ1) is 23.0. The van der Waals surface area contributed by atoms with E-state index in [9.17, 15) is 19.2 Å². The van der Waals surface area contributed by atoms with Gasteiger partial charge in [0.15, 0.2) is 11.7 Å². The minimum absolute atomic E-state index is 0.0290. The second kappa shape index (κ2) is 10.5. The number of benzene rings is 2. The van der Waals surface area contributed by atoms with Gasteiger partial charge in [0, 0.05) is 6.92 Å². The molecule has 1 fully saturated rings. The molecule has 1 heterocycles. The number of rotatable bonds is 9. The molecule has 9 nitrogen and oxygen atoms in total. The van der Waals surface area contributed by atoms with Crippen molar-refractivity contribution in [2.75, 3.05) is 0 Å². The molecule has 2 amide bonds. The van der Waals surface area contributed by atoms with E-state index in [4.69, 9.17) is 15.3 Å². The summed E-state index contributed by atoms with van der Waals surface area (Å²) in [4.78, 5) is 49.1. The number of hydrogen-bond donors (Lipinski definition) is 2. The molecule has 9 heteroatoms. The monoisotopic (exact) mass is 439 g/mol. The Morgan fingerprint density at radius 2 is 1.62 bits per heavy atom. The molecular weight excluding hydrogens is 414 g/mol. The van der Waals surface area contributed by atoms with E-state index in [1.165, 1.54) is 0 Å². The fourth-order valence-corrected chi connectivity index (χ4v) is 3.41. The van der Waals surface area contributed by atoms with Gasteiger partial charge in [-0.15, -0.1) is 0 Å². The summed E-state index contributed by atoms with van der Waals surface area (Å²) in [6.07, 6.45) is -1.29. The van der Waals surface area contributed by atoms with Gasteiger partial charge in [0.25, 0.3) is 5.91 Å². The Kier molecular flexibility index (Phi) is 7.56. The number of amides is 2. The number of carbonyl (C=O) groups is 4. The lowest BCUT2D eigenvalue weighted by atomic mass is 9.86. The summed E-state index contributed by atoms with van der Waals surface area (Å²) < 4.78 is 10.2. The van der Waals surface area contributed by atoms with E-state index >= 15 is 0 Å². The van der Waals surface area contributed by atoms with Crippen molar-refractivity contribution in [1.29, 1.82) is 0 Å². The van der Waals surface area contributed by atoms with Crippen molar-refractivity contribution in [3.8, 4) is 0 Å². The topological polar surface area (TPSA) is 128 Å². The van der Waals surface area contributed by atoms with E-state index in [1.54, 1.807) is 12.1 Å². The first-order valence-corrected chi connectivity index (χ1v) is 10.2. The Balaban J connectivity index is 1.69. The molecule has 3 rings (SSSR count). The number of hydrogen-bond acceptors (Lipinski definition) is 7. The van der Waals surface area contributed by atoms with Gasteiger partial charge >= 0.3 is 12.1 Å². The molecule has 3 N–H and O–H groups in total. The third-order valence-electron chi connectivity index (χ3n) is 5.09. The number of nitrogens with zero attached hydrogens (tertiary/aromatic N) is 1. The van der Waals surface area contributed by atoms with Crippen LogP contribution in [0.25, 0.3) is 0 Å². The van der Waals surface area contributed by atoms with Crippen molar-refractivity contribution in [3.05, 3.63) is 71.8 Å². The van der Waals surface area contributed by atoms with Crippen LogP contribution < -0.4 is 11.2 Å².